The molecule has 1 aliphatic carbocycles. The van der Waals surface area contributed by atoms with Crippen LogP contribution in [0.4, 0.5) is 0 Å². The topological polar surface area (TPSA) is 41.3 Å². The summed E-state index contributed by atoms with van der Waals surface area (Å²) in [5, 5.41) is 3.57. The standard InChI is InChI=1S/C13H21N3O/c1-2-4-13(5-3-1)10-14-6-7-16(13)8-12-9-17-11-15-12/h9,11,14H,1-8,10H2. The van der Waals surface area contributed by atoms with Gasteiger partial charge in [-0.3, -0.25) is 4.90 Å². The van der Waals surface area contributed by atoms with Crippen LogP contribution in [0.5, 0.6) is 0 Å². The molecule has 4 nitrogen and oxygen atoms in total. The minimum Gasteiger partial charge on any atom is -0.451 e. The van der Waals surface area contributed by atoms with Gasteiger partial charge in [0.2, 0.25) is 0 Å². The van der Waals surface area contributed by atoms with Gasteiger partial charge in [-0.1, -0.05) is 19.3 Å². The Morgan fingerprint density at radius 2 is 2.24 bits per heavy atom. The molecule has 4 heteroatoms. The largest absolute Gasteiger partial charge is 0.451 e. The van der Waals surface area contributed by atoms with Crippen LogP contribution < -0.4 is 5.32 Å². The van der Waals surface area contributed by atoms with E-state index in [1.807, 2.05) is 0 Å². The van der Waals surface area contributed by atoms with E-state index >= 15 is 0 Å². The Kier molecular flexibility index (Phi) is 3.16. The molecule has 0 atom stereocenters. The second-order valence-electron chi connectivity index (χ2n) is 5.36. The Morgan fingerprint density at radius 1 is 1.35 bits per heavy atom. The van der Waals surface area contributed by atoms with Crippen molar-refractivity contribution in [3.8, 4) is 0 Å². The molecule has 1 spiro atoms. The van der Waals surface area contributed by atoms with E-state index in [-0.39, 0.29) is 0 Å². The smallest absolute Gasteiger partial charge is 0.180 e. The van der Waals surface area contributed by atoms with Gasteiger partial charge in [0.25, 0.3) is 0 Å². The summed E-state index contributed by atoms with van der Waals surface area (Å²) in [6, 6.07) is 0. The molecule has 1 aromatic heterocycles. The van der Waals surface area contributed by atoms with Gasteiger partial charge in [-0.15, -0.1) is 0 Å². The zero-order valence-electron chi connectivity index (χ0n) is 10.3. The van der Waals surface area contributed by atoms with Gasteiger partial charge in [0.1, 0.15) is 6.26 Å². The van der Waals surface area contributed by atoms with Crippen molar-refractivity contribution in [1.82, 2.24) is 15.2 Å². The first-order chi connectivity index (χ1) is 8.39. The SMILES string of the molecule is c1nc(CN2CCNCC23CCCCC3)co1. The number of nitrogens with one attached hydrogen (secondary N) is 1. The maximum atomic E-state index is 5.08. The minimum atomic E-state index is 0.384. The van der Waals surface area contributed by atoms with Crippen molar-refractivity contribution in [2.45, 2.75) is 44.2 Å². The lowest BCUT2D eigenvalue weighted by Crippen LogP contribution is -2.61. The zero-order chi connectivity index (χ0) is 11.6. The molecule has 0 unspecified atom stereocenters. The average Bonchev–Trinajstić information content (AvgIpc) is 2.86. The van der Waals surface area contributed by atoms with E-state index < -0.39 is 0 Å². The lowest BCUT2D eigenvalue weighted by atomic mass is 9.79. The van der Waals surface area contributed by atoms with Gasteiger partial charge in [0, 0.05) is 31.7 Å². The van der Waals surface area contributed by atoms with E-state index in [1.165, 1.54) is 38.5 Å². The number of piperazine rings is 1. The fourth-order valence-electron chi connectivity index (χ4n) is 3.34. The first-order valence-corrected chi connectivity index (χ1v) is 6.72. The van der Waals surface area contributed by atoms with E-state index in [2.05, 4.69) is 15.2 Å². The molecule has 0 bridgehead atoms. The third kappa shape index (κ3) is 2.24. The van der Waals surface area contributed by atoms with E-state index in [9.17, 15) is 0 Å². The van der Waals surface area contributed by atoms with E-state index in [1.54, 1.807) is 6.26 Å². The molecule has 2 aliphatic rings. The van der Waals surface area contributed by atoms with Crippen LogP contribution in [-0.2, 0) is 6.54 Å². The molecule has 17 heavy (non-hydrogen) atoms. The first kappa shape index (κ1) is 11.2. The van der Waals surface area contributed by atoms with Gasteiger partial charge in [0.15, 0.2) is 6.39 Å². The predicted octanol–water partition coefficient (Wildman–Crippen LogP) is 1.78. The third-order valence-electron chi connectivity index (χ3n) is 4.30. The summed E-state index contributed by atoms with van der Waals surface area (Å²) in [4.78, 5) is 6.89. The third-order valence-corrected chi connectivity index (χ3v) is 4.30. The maximum Gasteiger partial charge on any atom is 0.180 e. The Balaban J connectivity index is 1.75. The summed E-state index contributed by atoms with van der Waals surface area (Å²) in [7, 11) is 0. The van der Waals surface area contributed by atoms with Crippen molar-refractivity contribution in [2.24, 2.45) is 0 Å². The molecule has 0 aromatic carbocycles. The van der Waals surface area contributed by atoms with E-state index in [4.69, 9.17) is 4.42 Å². The van der Waals surface area contributed by atoms with Crippen LogP contribution in [0.3, 0.4) is 0 Å². The summed E-state index contributed by atoms with van der Waals surface area (Å²) in [6.45, 7) is 4.31. The van der Waals surface area contributed by atoms with Crippen LogP contribution >= 0.6 is 0 Å². The number of hydrogen-bond donors (Lipinski definition) is 1. The van der Waals surface area contributed by atoms with Crippen LogP contribution in [0.1, 0.15) is 37.8 Å². The molecular formula is C13H21N3O. The monoisotopic (exact) mass is 235 g/mol. The fourth-order valence-corrected chi connectivity index (χ4v) is 3.34. The molecule has 2 fully saturated rings. The number of aromatic nitrogens is 1. The highest BCUT2D eigenvalue weighted by molar-refractivity contribution is 5.01. The highest BCUT2D eigenvalue weighted by atomic mass is 16.3. The van der Waals surface area contributed by atoms with Crippen molar-refractivity contribution >= 4 is 0 Å². The van der Waals surface area contributed by atoms with Gasteiger partial charge < -0.3 is 9.73 Å². The van der Waals surface area contributed by atoms with Crippen molar-refractivity contribution in [2.75, 3.05) is 19.6 Å². The Bertz CT molecular complexity index is 335. The van der Waals surface area contributed by atoms with Gasteiger partial charge in [-0.05, 0) is 12.8 Å². The van der Waals surface area contributed by atoms with E-state index in [0.29, 0.717) is 5.54 Å². The molecular weight excluding hydrogens is 214 g/mol. The van der Waals surface area contributed by atoms with Crippen molar-refractivity contribution in [3.63, 3.8) is 0 Å². The predicted molar refractivity (Wildman–Crippen MR) is 65.6 cm³/mol. The quantitative estimate of drug-likeness (QED) is 0.848. The Labute approximate surface area is 102 Å². The normalized spacial score (nSPS) is 25.2. The first-order valence-electron chi connectivity index (χ1n) is 6.72. The summed E-state index contributed by atoms with van der Waals surface area (Å²) in [5.74, 6) is 0. The molecule has 1 N–H and O–H groups in total. The molecule has 2 heterocycles. The highest BCUT2D eigenvalue weighted by Gasteiger charge is 2.39. The van der Waals surface area contributed by atoms with Crippen LogP contribution in [0.25, 0.3) is 0 Å². The van der Waals surface area contributed by atoms with Crippen molar-refractivity contribution < 1.29 is 4.42 Å². The molecule has 1 saturated heterocycles. The second-order valence-corrected chi connectivity index (χ2v) is 5.36. The Morgan fingerprint density at radius 3 is 3.00 bits per heavy atom. The number of hydrogen-bond acceptors (Lipinski definition) is 4. The molecule has 1 aliphatic heterocycles. The van der Waals surface area contributed by atoms with Crippen LogP contribution in [0.15, 0.2) is 17.1 Å². The highest BCUT2D eigenvalue weighted by Crippen LogP contribution is 2.35. The summed E-state index contributed by atoms with van der Waals surface area (Å²) >= 11 is 0. The second kappa shape index (κ2) is 4.78. The van der Waals surface area contributed by atoms with Crippen LogP contribution in [0, 0.1) is 0 Å². The van der Waals surface area contributed by atoms with Crippen LogP contribution in [0.2, 0.25) is 0 Å². The minimum absolute atomic E-state index is 0.384. The lowest BCUT2D eigenvalue weighted by molar-refractivity contribution is 0.0199. The molecule has 1 saturated carbocycles. The van der Waals surface area contributed by atoms with E-state index in [0.717, 1.165) is 31.9 Å². The van der Waals surface area contributed by atoms with Crippen molar-refractivity contribution in [1.29, 1.82) is 0 Å². The average molecular weight is 235 g/mol. The summed E-state index contributed by atoms with van der Waals surface area (Å²) < 4.78 is 5.08. The number of rotatable bonds is 2. The van der Waals surface area contributed by atoms with Crippen LogP contribution in [-0.4, -0.2) is 35.1 Å². The molecule has 0 radical (unpaired) electrons. The zero-order valence-corrected chi connectivity index (χ0v) is 10.3. The maximum absolute atomic E-state index is 5.08. The molecule has 94 valence electrons. The van der Waals surface area contributed by atoms with Gasteiger partial charge in [-0.25, -0.2) is 4.98 Å². The number of nitrogens with zero attached hydrogens (tertiary/aromatic N) is 2. The molecule has 0 amide bonds. The summed E-state index contributed by atoms with van der Waals surface area (Å²) in [5.41, 5.74) is 1.45. The lowest BCUT2D eigenvalue weighted by Gasteiger charge is -2.49. The van der Waals surface area contributed by atoms with Gasteiger partial charge in [0.05, 0.1) is 5.69 Å². The molecule has 1 aromatic rings. The van der Waals surface area contributed by atoms with Gasteiger partial charge >= 0.3 is 0 Å². The Hall–Kier alpha value is -0.870. The molecule has 3 rings (SSSR count). The number of oxazole rings is 1. The summed E-state index contributed by atoms with van der Waals surface area (Å²) in [6.07, 6.45) is 10.1. The van der Waals surface area contributed by atoms with Crippen molar-refractivity contribution in [3.05, 3.63) is 18.4 Å². The van der Waals surface area contributed by atoms with Gasteiger partial charge in [-0.2, -0.15) is 0 Å². The fraction of sp³-hybridized carbons (Fsp3) is 0.769.